The van der Waals surface area contributed by atoms with E-state index in [1.165, 1.54) is 0 Å². The molecule has 0 aliphatic heterocycles. The van der Waals surface area contributed by atoms with Crippen LogP contribution in [0.15, 0.2) is 48.1 Å². The maximum absolute atomic E-state index is 6.18. The molecule has 0 bridgehead atoms. The number of pyridine rings is 1. The first-order chi connectivity index (χ1) is 9.24. The number of halogens is 3. The van der Waals surface area contributed by atoms with E-state index in [9.17, 15) is 0 Å². The molecule has 0 radical (unpaired) electrons. The van der Waals surface area contributed by atoms with Gasteiger partial charge >= 0.3 is 0 Å². The molecule has 0 N–H and O–H groups in total. The first-order valence-corrected chi connectivity index (χ1v) is 7.19. The molecule has 0 saturated carbocycles. The zero-order chi connectivity index (χ0) is 13.2. The second kappa shape index (κ2) is 6.68. The molecule has 2 nitrogen and oxygen atoms in total. The van der Waals surface area contributed by atoms with Crippen LogP contribution in [0, 0.1) is 0 Å². The first kappa shape index (κ1) is 15.4. The van der Waals surface area contributed by atoms with Gasteiger partial charge in [0.15, 0.2) is 0 Å². The Kier molecular flexibility index (Phi) is 5.16. The topological polar surface area (TPSA) is 25.8 Å². The number of aromatic nitrogens is 2. The summed E-state index contributed by atoms with van der Waals surface area (Å²) in [6.45, 7) is 0. The normalized spacial score (nSPS) is 10.1. The molecule has 0 saturated heterocycles. The van der Waals surface area contributed by atoms with Crippen molar-refractivity contribution in [3.8, 4) is 21.8 Å². The summed E-state index contributed by atoms with van der Waals surface area (Å²) in [6, 6.07) is 9.24. The van der Waals surface area contributed by atoms with E-state index in [4.69, 9.17) is 23.2 Å². The predicted octanol–water partition coefficient (Wildman–Crippen LogP) is 5.76. The van der Waals surface area contributed by atoms with Crippen LogP contribution in [-0.4, -0.2) is 9.97 Å². The van der Waals surface area contributed by atoms with Gasteiger partial charge in [-0.15, -0.1) is 28.3 Å². The molecular weight excluding hydrogens is 379 g/mol. The Morgan fingerprint density at radius 2 is 1.75 bits per heavy atom. The molecule has 0 atom stereocenters. The minimum Gasteiger partial charge on any atom is -0.265 e. The summed E-state index contributed by atoms with van der Waals surface area (Å²) in [5, 5.41) is 4.22. The van der Waals surface area contributed by atoms with Crippen molar-refractivity contribution < 1.29 is 0 Å². The quantitative estimate of drug-likeness (QED) is 0.558. The average Bonchev–Trinajstić information content (AvgIpc) is 2.92. The molecule has 6 heteroatoms. The number of benzene rings is 1. The smallest absolute Gasteiger partial charge is 0.124 e. The molecule has 0 amide bonds. The highest BCUT2D eigenvalue weighted by Crippen LogP contribution is 2.33. The third-order valence-corrected chi connectivity index (χ3v) is 4.09. The fraction of sp³-hybridized carbons (Fsp3) is 0. The van der Waals surface area contributed by atoms with Gasteiger partial charge in [0.2, 0.25) is 0 Å². The summed E-state index contributed by atoms with van der Waals surface area (Å²) >= 11 is 13.8. The van der Waals surface area contributed by atoms with E-state index in [0.717, 1.165) is 21.8 Å². The molecule has 1 aromatic carbocycles. The van der Waals surface area contributed by atoms with E-state index in [1.54, 1.807) is 35.9 Å². The lowest BCUT2D eigenvalue weighted by molar-refractivity contribution is 1.32. The van der Waals surface area contributed by atoms with Gasteiger partial charge in [-0.3, -0.25) is 4.98 Å². The molecule has 20 heavy (non-hydrogen) atoms. The molecule has 2 heterocycles. The minimum atomic E-state index is 0. The number of nitrogens with zero attached hydrogens (tertiary/aromatic N) is 2. The third kappa shape index (κ3) is 3.20. The van der Waals surface area contributed by atoms with Crippen molar-refractivity contribution in [3.63, 3.8) is 0 Å². The van der Waals surface area contributed by atoms with Crippen LogP contribution in [0.25, 0.3) is 21.8 Å². The summed E-state index contributed by atoms with van der Waals surface area (Å²) < 4.78 is 0. The minimum absolute atomic E-state index is 0. The molecule has 0 unspecified atom stereocenters. The van der Waals surface area contributed by atoms with Crippen molar-refractivity contribution in [3.05, 3.63) is 58.2 Å². The Balaban J connectivity index is 0.00000147. The molecule has 0 spiro atoms. The van der Waals surface area contributed by atoms with E-state index >= 15 is 0 Å². The zero-order valence-corrected chi connectivity index (χ0v) is 14.1. The number of rotatable bonds is 2. The predicted molar refractivity (Wildman–Crippen MR) is 91.1 cm³/mol. The monoisotopic (exact) mass is 386 g/mol. The van der Waals surface area contributed by atoms with Crippen molar-refractivity contribution in [1.82, 2.24) is 9.97 Å². The molecule has 3 aromatic rings. The first-order valence-electron chi connectivity index (χ1n) is 5.55. The van der Waals surface area contributed by atoms with Crippen molar-refractivity contribution in [2.24, 2.45) is 0 Å². The van der Waals surface area contributed by atoms with Gasteiger partial charge in [-0.25, -0.2) is 4.98 Å². The number of thiazole rings is 1. The maximum atomic E-state index is 6.18. The summed E-state index contributed by atoms with van der Waals surface area (Å²) in [4.78, 5) is 8.60. The van der Waals surface area contributed by atoms with Crippen LogP contribution < -0.4 is 0 Å². The fourth-order valence-corrected chi connectivity index (χ4v) is 2.93. The molecule has 2 aromatic heterocycles. The Morgan fingerprint density at radius 3 is 2.50 bits per heavy atom. The number of hydrogen-bond acceptors (Lipinski definition) is 3. The van der Waals surface area contributed by atoms with Gasteiger partial charge in [0, 0.05) is 33.9 Å². The van der Waals surface area contributed by atoms with Crippen LogP contribution >= 0.6 is 51.5 Å². The average molecular weight is 388 g/mol. The van der Waals surface area contributed by atoms with Crippen LogP contribution in [0.5, 0.6) is 0 Å². The van der Waals surface area contributed by atoms with Gasteiger partial charge in [0.25, 0.3) is 0 Å². The van der Waals surface area contributed by atoms with E-state index in [2.05, 4.69) is 9.97 Å². The van der Waals surface area contributed by atoms with Crippen LogP contribution in [-0.2, 0) is 0 Å². The van der Waals surface area contributed by atoms with E-state index in [-0.39, 0.29) is 17.0 Å². The molecule has 102 valence electrons. The Bertz CT molecular complexity index is 716. The molecule has 3 rings (SSSR count). The van der Waals surface area contributed by atoms with E-state index in [0.29, 0.717) is 10.0 Å². The van der Waals surface area contributed by atoms with E-state index in [1.807, 2.05) is 23.6 Å². The molecule has 0 aliphatic rings. The molecular formula is C14H9BrCl2N2S. The van der Waals surface area contributed by atoms with Crippen LogP contribution in [0.2, 0.25) is 10.0 Å². The van der Waals surface area contributed by atoms with Gasteiger partial charge in [0.1, 0.15) is 5.01 Å². The standard InChI is InChI=1S/C14H8Cl2N2S.BrH/c15-10-1-2-12(16)11(7-10)13-8-19-14(18-13)9-3-5-17-6-4-9;/h1-8H;1H. The van der Waals surface area contributed by atoms with Gasteiger partial charge < -0.3 is 0 Å². The lowest BCUT2D eigenvalue weighted by atomic mass is 10.2. The van der Waals surface area contributed by atoms with Crippen molar-refractivity contribution >= 4 is 51.5 Å². The second-order valence-corrected chi connectivity index (χ2v) is 5.60. The van der Waals surface area contributed by atoms with Crippen molar-refractivity contribution in [1.29, 1.82) is 0 Å². The van der Waals surface area contributed by atoms with Gasteiger partial charge in [-0.2, -0.15) is 0 Å². The number of hydrogen-bond donors (Lipinski definition) is 0. The van der Waals surface area contributed by atoms with Crippen molar-refractivity contribution in [2.75, 3.05) is 0 Å². The highest BCUT2D eigenvalue weighted by Gasteiger charge is 2.10. The summed E-state index contributed by atoms with van der Waals surface area (Å²) in [5.41, 5.74) is 2.74. The Morgan fingerprint density at radius 1 is 1.00 bits per heavy atom. The molecule has 0 fully saturated rings. The highest BCUT2D eigenvalue weighted by molar-refractivity contribution is 8.93. The SMILES string of the molecule is Br.Clc1ccc(Cl)c(-c2csc(-c3ccncc3)n2)c1. The summed E-state index contributed by atoms with van der Waals surface area (Å²) in [7, 11) is 0. The van der Waals surface area contributed by atoms with Crippen LogP contribution in [0.1, 0.15) is 0 Å². The lowest BCUT2D eigenvalue weighted by Crippen LogP contribution is -1.81. The Labute approximate surface area is 141 Å². The van der Waals surface area contributed by atoms with Crippen molar-refractivity contribution in [2.45, 2.75) is 0 Å². The van der Waals surface area contributed by atoms with E-state index < -0.39 is 0 Å². The Hall–Kier alpha value is -0.940. The van der Waals surface area contributed by atoms with Crippen LogP contribution in [0.3, 0.4) is 0 Å². The summed E-state index contributed by atoms with van der Waals surface area (Å²) in [6.07, 6.45) is 3.51. The van der Waals surface area contributed by atoms with Crippen LogP contribution in [0.4, 0.5) is 0 Å². The van der Waals surface area contributed by atoms with Gasteiger partial charge in [0.05, 0.1) is 10.7 Å². The third-order valence-electron chi connectivity index (χ3n) is 2.64. The molecule has 0 aliphatic carbocycles. The lowest BCUT2D eigenvalue weighted by Gasteiger charge is -2.01. The second-order valence-electron chi connectivity index (χ2n) is 3.90. The fourth-order valence-electron chi connectivity index (χ4n) is 1.72. The van der Waals surface area contributed by atoms with Gasteiger partial charge in [-0.1, -0.05) is 23.2 Å². The maximum Gasteiger partial charge on any atom is 0.124 e. The largest absolute Gasteiger partial charge is 0.265 e. The van der Waals surface area contributed by atoms with Gasteiger partial charge in [-0.05, 0) is 30.3 Å². The highest BCUT2D eigenvalue weighted by atomic mass is 79.9. The zero-order valence-electron chi connectivity index (χ0n) is 10.1. The summed E-state index contributed by atoms with van der Waals surface area (Å²) in [5.74, 6) is 0.